The fourth-order valence-corrected chi connectivity index (χ4v) is 2.03. The summed E-state index contributed by atoms with van der Waals surface area (Å²) in [5.41, 5.74) is 0.584. The SMILES string of the molecule is CCC(C)[C@H](NC(=O)NCc1csc(=O)[nH]1)C(=O)O. The van der Waals surface area contributed by atoms with Crippen LogP contribution in [0.3, 0.4) is 0 Å². The smallest absolute Gasteiger partial charge is 0.326 e. The van der Waals surface area contributed by atoms with Crippen molar-refractivity contribution >= 4 is 23.3 Å². The minimum atomic E-state index is -1.06. The first-order valence-corrected chi connectivity index (χ1v) is 6.75. The Morgan fingerprint density at radius 2 is 2.21 bits per heavy atom. The molecule has 4 N–H and O–H groups in total. The van der Waals surface area contributed by atoms with Crippen molar-refractivity contribution in [3.63, 3.8) is 0 Å². The van der Waals surface area contributed by atoms with Crippen LogP contribution in [0.5, 0.6) is 0 Å². The number of carbonyl (C=O) groups is 2. The fourth-order valence-electron chi connectivity index (χ4n) is 1.45. The number of carboxylic acid groups (broad SMARTS) is 1. The van der Waals surface area contributed by atoms with E-state index in [1.165, 1.54) is 0 Å². The lowest BCUT2D eigenvalue weighted by molar-refractivity contribution is -0.140. The van der Waals surface area contributed by atoms with E-state index >= 15 is 0 Å². The van der Waals surface area contributed by atoms with E-state index in [1.807, 2.05) is 6.92 Å². The van der Waals surface area contributed by atoms with Crippen LogP contribution in [0.2, 0.25) is 0 Å². The van der Waals surface area contributed by atoms with E-state index in [-0.39, 0.29) is 17.3 Å². The maximum Gasteiger partial charge on any atom is 0.326 e. The van der Waals surface area contributed by atoms with Gasteiger partial charge in [-0.3, -0.25) is 4.79 Å². The summed E-state index contributed by atoms with van der Waals surface area (Å²) in [6.45, 7) is 3.77. The quantitative estimate of drug-likeness (QED) is 0.618. The highest BCUT2D eigenvalue weighted by Crippen LogP contribution is 2.07. The van der Waals surface area contributed by atoms with Crippen molar-refractivity contribution in [1.82, 2.24) is 15.6 Å². The molecule has 0 saturated carbocycles. The zero-order valence-electron chi connectivity index (χ0n) is 10.7. The van der Waals surface area contributed by atoms with Crippen LogP contribution in [0.25, 0.3) is 0 Å². The summed E-state index contributed by atoms with van der Waals surface area (Å²) in [4.78, 5) is 35.8. The Bertz CT molecular complexity index is 496. The molecular formula is C11H17N3O4S. The van der Waals surface area contributed by atoms with Gasteiger partial charge in [-0.25, -0.2) is 9.59 Å². The van der Waals surface area contributed by atoms with E-state index in [0.717, 1.165) is 11.3 Å². The normalized spacial score (nSPS) is 13.6. The molecule has 0 aliphatic rings. The second-order valence-corrected chi connectivity index (χ2v) is 5.04. The summed E-state index contributed by atoms with van der Waals surface area (Å²) in [6.07, 6.45) is 0.648. The van der Waals surface area contributed by atoms with Gasteiger partial charge in [0.2, 0.25) is 0 Å². The Morgan fingerprint density at radius 1 is 1.53 bits per heavy atom. The van der Waals surface area contributed by atoms with Crippen LogP contribution in [-0.2, 0) is 11.3 Å². The van der Waals surface area contributed by atoms with Gasteiger partial charge in [0.1, 0.15) is 6.04 Å². The molecule has 0 saturated heterocycles. The number of aromatic nitrogens is 1. The molecule has 0 radical (unpaired) electrons. The number of nitrogens with one attached hydrogen (secondary N) is 3. The predicted octanol–water partition coefficient (Wildman–Crippen LogP) is 0.735. The number of aromatic amines is 1. The topological polar surface area (TPSA) is 111 Å². The minimum absolute atomic E-state index is 0.150. The van der Waals surface area contributed by atoms with Gasteiger partial charge in [-0.05, 0) is 5.92 Å². The number of amides is 2. The van der Waals surface area contributed by atoms with E-state index in [4.69, 9.17) is 5.11 Å². The lowest BCUT2D eigenvalue weighted by Gasteiger charge is -2.20. The summed E-state index contributed by atoms with van der Waals surface area (Å²) >= 11 is 1.01. The Labute approximate surface area is 114 Å². The van der Waals surface area contributed by atoms with Crippen molar-refractivity contribution in [3.8, 4) is 0 Å². The molecule has 2 atom stereocenters. The average Bonchev–Trinajstić information content (AvgIpc) is 2.78. The largest absolute Gasteiger partial charge is 0.480 e. The molecule has 0 spiro atoms. The van der Waals surface area contributed by atoms with Crippen LogP contribution >= 0.6 is 11.3 Å². The van der Waals surface area contributed by atoms with E-state index in [1.54, 1.807) is 12.3 Å². The van der Waals surface area contributed by atoms with Gasteiger partial charge in [0.25, 0.3) is 0 Å². The van der Waals surface area contributed by atoms with Gasteiger partial charge in [0.05, 0.1) is 6.54 Å². The van der Waals surface area contributed by atoms with Crippen molar-refractivity contribution in [2.45, 2.75) is 32.9 Å². The molecule has 1 unspecified atom stereocenters. The van der Waals surface area contributed by atoms with Crippen LogP contribution in [0.4, 0.5) is 4.79 Å². The van der Waals surface area contributed by atoms with E-state index in [9.17, 15) is 14.4 Å². The van der Waals surface area contributed by atoms with Crippen molar-refractivity contribution in [2.75, 3.05) is 0 Å². The summed E-state index contributed by atoms with van der Waals surface area (Å²) in [7, 11) is 0. The summed E-state index contributed by atoms with van der Waals surface area (Å²) < 4.78 is 0. The number of rotatable bonds is 6. The van der Waals surface area contributed by atoms with Crippen LogP contribution < -0.4 is 15.5 Å². The standard InChI is InChI=1S/C11H17N3O4S/c1-3-6(2)8(9(15)16)14-10(17)12-4-7-5-19-11(18)13-7/h5-6,8H,3-4H2,1-2H3,(H,13,18)(H,15,16)(H2,12,14,17)/t6?,8-/m0/s1. The maximum absolute atomic E-state index is 11.6. The average molecular weight is 287 g/mol. The van der Waals surface area contributed by atoms with Gasteiger partial charge in [-0.1, -0.05) is 31.6 Å². The second kappa shape index (κ2) is 6.93. The van der Waals surface area contributed by atoms with Crippen LogP contribution in [0.1, 0.15) is 26.0 Å². The Morgan fingerprint density at radius 3 is 2.68 bits per heavy atom. The molecule has 1 heterocycles. The molecule has 1 rings (SSSR count). The van der Waals surface area contributed by atoms with E-state index in [2.05, 4.69) is 15.6 Å². The van der Waals surface area contributed by atoms with Gasteiger partial charge in [-0.15, -0.1) is 0 Å². The lowest BCUT2D eigenvalue weighted by Crippen LogP contribution is -2.48. The Balaban J connectivity index is 2.49. The molecule has 2 amide bonds. The molecule has 106 valence electrons. The van der Waals surface area contributed by atoms with Gasteiger partial charge < -0.3 is 20.7 Å². The van der Waals surface area contributed by atoms with Gasteiger partial charge in [0.15, 0.2) is 0 Å². The molecule has 0 aromatic carbocycles. The van der Waals surface area contributed by atoms with Crippen LogP contribution in [0, 0.1) is 5.92 Å². The number of H-pyrrole nitrogens is 1. The van der Waals surface area contributed by atoms with Crippen molar-refractivity contribution in [2.24, 2.45) is 5.92 Å². The molecule has 1 aromatic rings. The molecular weight excluding hydrogens is 270 g/mol. The highest BCUT2D eigenvalue weighted by molar-refractivity contribution is 7.07. The molecule has 0 fully saturated rings. The molecule has 19 heavy (non-hydrogen) atoms. The second-order valence-electron chi connectivity index (χ2n) is 4.20. The first kappa shape index (κ1) is 15.2. The fraction of sp³-hybridized carbons (Fsp3) is 0.545. The zero-order chi connectivity index (χ0) is 14.4. The molecule has 0 aliphatic heterocycles. The zero-order valence-corrected chi connectivity index (χ0v) is 11.5. The lowest BCUT2D eigenvalue weighted by atomic mass is 9.99. The molecule has 0 bridgehead atoms. The summed E-state index contributed by atoms with van der Waals surface area (Å²) in [6, 6.07) is -1.49. The monoisotopic (exact) mass is 287 g/mol. The number of urea groups is 1. The van der Waals surface area contributed by atoms with Crippen LogP contribution in [0.15, 0.2) is 10.2 Å². The summed E-state index contributed by atoms with van der Waals surface area (Å²) in [5.74, 6) is -1.22. The summed E-state index contributed by atoms with van der Waals surface area (Å²) in [5, 5.41) is 15.5. The third-order valence-corrected chi connectivity index (χ3v) is 3.49. The predicted molar refractivity (Wildman–Crippen MR) is 71.2 cm³/mol. The number of carboxylic acids is 1. The third kappa shape index (κ3) is 4.74. The number of hydrogen-bond donors (Lipinski definition) is 4. The molecule has 7 nitrogen and oxygen atoms in total. The number of thiazole rings is 1. The van der Waals surface area contributed by atoms with E-state index < -0.39 is 18.0 Å². The van der Waals surface area contributed by atoms with Crippen molar-refractivity contribution in [3.05, 3.63) is 20.7 Å². The third-order valence-electron chi connectivity index (χ3n) is 2.78. The molecule has 8 heteroatoms. The van der Waals surface area contributed by atoms with Gasteiger partial charge in [-0.2, -0.15) is 0 Å². The molecule has 0 aliphatic carbocycles. The van der Waals surface area contributed by atoms with Gasteiger partial charge >= 0.3 is 16.9 Å². The first-order valence-electron chi connectivity index (χ1n) is 5.87. The number of aliphatic carboxylic acids is 1. The number of carbonyl (C=O) groups excluding carboxylic acids is 1. The number of hydrogen-bond acceptors (Lipinski definition) is 4. The van der Waals surface area contributed by atoms with E-state index in [0.29, 0.717) is 12.1 Å². The van der Waals surface area contributed by atoms with Crippen molar-refractivity contribution < 1.29 is 14.7 Å². The highest BCUT2D eigenvalue weighted by atomic mass is 32.1. The molecule has 1 aromatic heterocycles. The van der Waals surface area contributed by atoms with Crippen LogP contribution in [-0.4, -0.2) is 28.1 Å². The Kier molecular flexibility index (Phi) is 5.56. The highest BCUT2D eigenvalue weighted by Gasteiger charge is 2.25. The Hall–Kier alpha value is -1.83. The first-order chi connectivity index (χ1) is 8.93. The van der Waals surface area contributed by atoms with Gasteiger partial charge in [0, 0.05) is 11.1 Å². The maximum atomic E-state index is 11.6. The van der Waals surface area contributed by atoms with Crippen molar-refractivity contribution in [1.29, 1.82) is 0 Å². The minimum Gasteiger partial charge on any atom is -0.480 e.